The smallest absolute Gasteiger partial charge is 0.257 e. The van der Waals surface area contributed by atoms with Crippen molar-refractivity contribution in [2.24, 2.45) is 0 Å². The van der Waals surface area contributed by atoms with Crippen LogP contribution in [-0.2, 0) is 11.2 Å². The van der Waals surface area contributed by atoms with Crippen LogP contribution in [-0.4, -0.2) is 61.8 Å². The van der Waals surface area contributed by atoms with E-state index in [0.29, 0.717) is 35.3 Å². The van der Waals surface area contributed by atoms with Crippen LogP contribution in [0.4, 0.5) is 10.8 Å². The summed E-state index contributed by atoms with van der Waals surface area (Å²) in [5.74, 6) is 1.64. The zero-order valence-corrected chi connectivity index (χ0v) is 21.4. The number of hydrogen-bond acceptors (Lipinski definition) is 8. The minimum absolute atomic E-state index is 0.134. The van der Waals surface area contributed by atoms with Gasteiger partial charge in [-0.15, -0.1) is 11.3 Å². The van der Waals surface area contributed by atoms with Crippen LogP contribution in [0, 0.1) is 0 Å². The average molecular weight is 521 g/mol. The number of aromatic nitrogens is 1. The number of thiazole rings is 1. The molecule has 9 nitrogen and oxygen atoms in total. The number of piperazine rings is 1. The number of aryl methyl sites for hydroxylation is 1. The molecule has 0 radical (unpaired) electrons. The van der Waals surface area contributed by atoms with Crippen LogP contribution in [0.1, 0.15) is 39.7 Å². The van der Waals surface area contributed by atoms with Gasteiger partial charge in [0.05, 0.1) is 18.7 Å². The Kier molecular flexibility index (Phi) is 6.33. The fourth-order valence-corrected chi connectivity index (χ4v) is 6.18. The second kappa shape index (κ2) is 9.93. The first-order valence-electron chi connectivity index (χ1n) is 12.5. The lowest BCUT2D eigenvalue weighted by Crippen LogP contribution is -2.50. The summed E-state index contributed by atoms with van der Waals surface area (Å²) in [7, 11) is 1.66. The third kappa shape index (κ3) is 4.69. The van der Waals surface area contributed by atoms with E-state index in [1.165, 1.54) is 11.3 Å². The molecule has 1 fully saturated rings. The number of ether oxygens (including phenoxy) is 3. The quantitative estimate of drug-likeness (QED) is 0.545. The zero-order valence-electron chi connectivity index (χ0n) is 20.6. The molecule has 1 atom stereocenters. The first-order valence-corrected chi connectivity index (χ1v) is 13.3. The molecule has 37 heavy (non-hydrogen) atoms. The Balaban J connectivity index is 1.11. The summed E-state index contributed by atoms with van der Waals surface area (Å²) in [5.41, 5.74) is 2.43. The van der Waals surface area contributed by atoms with Gasteiger partial charge in [-0.05, 0) is 61.7 Å². The molecule has 3 aromatic rings. The highest BCUT2D eigenvalue weighted by Crippen LogP contribution is 2.38. The van der Waals surface area contributed by atoms with Crippen molar-refractivity contribution < 1.29 is 23.8 Å². The van der Waals surface area contributed by atoms with Gasteiger partial charge in [0.15, 0.2) is 16.6 Å². The van der Waals surface area contributed by atoms with E-state index in [2.05, 4.69) is 22.3 Å². The van der Waals surface area contributed by atoms with Gasteiger partial charge in [0.1, 0.15) is 5.75 Å². The number of methoxy groups -OCH3 is 1. The molecule has 2 aromatic carbocycles. The normalized spacial score (nSPS) is 18.4. The SMILES string of the molecule is COc1ccc(N2CCN(C(=O)C3CCCc4sc(NC(=O)c5ccc6c(c5)OCO6)nc43)CC2)cc1. The molecule has 2 amide bonds. The molecule has 1 N–H and O–H groups in total. The Bertz CT molecular complexity index is 1320. The van der Waals surface area contributed by atoms with Crippen molar-refractivity contribution in [3.05, 3.63) is 58.6 Å². The van der Waals surface area contributed by atoms with Crippen molar-refractivity contribution >= 4 is 34.0 Å². The van der Waals surface area contributed by atoms with Crippen molar-refractivity contribution in [2.75, 3.05) is 50.3 Å². The van der Waals surface area contributed by atoms with Crippen LogP contribution in [0.15, 0.2) is 42.5 Å². The largest absolute Gasteiger partial charge is 0.497 e. The number of hydrogen-bond donors (Lipinski definition) is 1. The van der Waals surface area contributed by atoms with Gasteiger partial charge in [0, 0.05) is 42.3 Å². The lowest BCUT2D eigenvalue weighted by molar-refractivity contribution is -0.133. The summed E-state index contributed by atoms with van der Waals surface area (Å²) in [5, 5.41) is 3.43. The number of benzene rings is 2. The molecular weight excluding hydrogens is 492 g/mol. The molecule has 2 aliphatic heterocycles. The molecule has 192 valence electrons. The Labute approximate surface area is 219 Å². The highest BCUT2D eigenvalue weighted by molar-refractivity contribution is 7.16. The Hall–Kier alpha value is -3.79. The third-order valence-corrected chi connectivity index (χ3v) is 8.18. The number of nitrogens with zero attached hydrogens (tertiary/aromatic N) is 3. The number of nitrogens with one attached hydrogen (secondary N) is 1. The number of amides is 2. The van der Waals surface area contributed by atoms with Crippen LogP contribution in [0.5, 0.6) is 17.2 Å². The summed E-state index contributed by atoms with van der Waals surface area (Å²) < 4.78 is 16.0. The van der Waals surface area contributed by atoms with E-state index in [9.17, 15) is 9.59 Å². The van der Waals surface area contributed by atoms with Crippen LogP contribution in [0.25, 0.3) is 0 Å². The standard InChI is InChI=1S/C27H28N4O5S/c1-34-19-8-6-18(7-9-19)30-11-13-31(14-12-30)26(33)20-3-2-4-23-24(20)28-27(37-23)29-25(32)17-5-10-21-22(15-17)36-16-35-21/h5-10,15,20H,2-4,11-14,16H2,1H3,(H,28,29,32). The lowest BCUT2D eigenvalue weighted by Gasteiger charge is -2.38. The van der Waals surface area contributed by atoms with Gasteiger partial charge in [-0.3, -0.25) is 14.9 Å². The second-order valence-electron chi connectivity index (χ2n) is 9.30. The van der Waals surface area contributed by atoms with Gasteiger partial charge in [0.25, 0.3) is 5.91 Å². The topological polar surface area (TPSA) is 93.2 Å². The molecule has 1 aliphatic carbocycles. The summed E-state index contributed by atoms with van der Waals surface area (Å²) in [6, 6.07) is 13.1. The Morgan fingerprint density at radius 3 is 2.62 bits per heavy atom. The van der Waals surface area contributed by atoms with E-state index in [-0.39, 0.29) is 24.5 Å². The van der Waals surface area contributed by atoms with Crippen molar-refractivity contribution in [3.63, 3.8) is 0 Å². The maximum atomic E-state index is 13.5. The van der Waals surface area contributed by atoms with Gasteiger partial charge in [-0.25, -0.2) is 4.98 Å². The molecule has 6 rings (SSSR count). The summed E-state index contributed by atoms with van der Waals surface area (Å²) in [6.07, 6.45) is 2.60. The first-order chi connectivity index (χ1) is 18.1. The molecular formula is C27H28N4O5S. The number of rotatable bonds is 5. The maximum absolute atomic E-state index is 13.5. The van der Waals surface area contributed by atoms with Gasteiger partial charge in [-0.1, -0.05) is 0 Å². The average Bonchev–Trinajstić information content (AvgIpc) is 3.58. The molecule has 10 heteroatoms. The van der Waals surface area contributed by atoms with Gasteiger partial charge >= 0.3 is 0 Å². The fraction of sp³-hybridized carbons (Fsp3) is 0.370. The van der Waals surface area contributed by atoms with E-state index in [1.807, 2.05) is 17.0 Å². The Morgan fingerprint density at radius 1 is 1.05 bits per heavy atom. The van der Waals surface area contributed by atoms with E-state index in [0.717, 1.165) is 54.4 Å². The van der Waals surface area contributed by atoms with Crippen LogP contribution in [0.3, 0.4) is 0 Å². The van der Waals surface area contributed by atoms with E-state index in [4.69, 9.17) is 19.2 Å². The molecule has 1 saturated heterocycles. The number of fused-ring (bicyclic) bond motifs is 2. The lowest BCUT2D eigenvalue weighted by atomic mass is 9.89. The highest BCUT2D eigenvalue weighted by Gasteiger charge is 2.34. The minimum Gasteiger partial charge on any atom is -0.497 e. The molecule has 3 aliphatic rings. The summed E-state index contributed by atoms with van der Waals surface area (Å²) in [6.45, 7) is 3.08. The van der Waals surface area contributed by atoms with Gasteiger partial charge < -0.3 is 24.0 Å². The molecule has 0 bridgehead atoms. The minimum atomic E-state index is -0.262. The van der Waals surface area contributed by atoms with Crippen LogP contribution in [0.2, 0.25) is 0 Å². The molecule has 1 unspecified atom stereocenters. The number of carbonyl (C=O) groups excluding carboxylic acids is 2. The fourth-order valence-electron chi connectivity index (χ4n) is 5.12. The summed E-state index contributed by atoms with van der Waals surface area (Å²) in [4.78, 5) is 36.5. The second-order valence-corrected chi connectivity index (χ2v) is 10.4. The molecule has 1 aromatic heterocycles. The van der Waals surface area contributed by atoms with Crippen molar-refractivity contribution in [3.8, 4) is 17.2 Å². The predicted octanol–water partition coefficient (Wildman–Crippen LogP) is 3.90. The highest BCUT2D eigenvalue weighted by atomic mass is 32.1. The monoisotopic (exact) mass is 520 g/mol. The number of carbonyl (C=O) groups is 2. The van der Waals surface area contributed by atoms with Gasteiger partial charge in [0.2, 0.25) is 12.7 Å². The van der Waals surface area contributed by atoms with Crippen molar-refractivity contribution in [2.45, 2.75) is 25.2 Å². The molecule has 0 spiro atoms. The maximum Gasteiger partial charge on any atom is 0.257 e. The molecule has 0 saturated carbocycles. The van der Waals surface area contributed by atoms with E-state index in [1.54, 1.807) is 25.3 Å². The zero-order chi connectivity index (χ0) is 25.4. The Morgan fingerprint density at radius 2 is 1.84 bits per heavy atom. The third-order valence-electron chi connectivity index (χ3n) is 7.14. The first kappa shape index (κ1) is 23.6. The number of anilines is 2. The van der Waals surface area contributed by atoms with E-state index >= 15 is 0 Å². The summed E-state index contributed by atoms with van der Waals surface area (Å²) >= 11 is 1.46. The van der Waals surface area contributed by atoms with Crippen LogP contribution < -0.4 is 24.4 Å². The van der Waals surface area contributed by atoms with Gasteiger partial charge in [-0.2, -0.15) is 0 Å². The predicted molar refractivity (Wildman–Crippen MR) is 140 cm³/mol. The van der Waals surface area contributed by atoms with Crippen LogP contribution >= 0.6 is 11.3 Å². The van der Waals surface area contributed by atoms with Crippen molar-refractivity contribution in [1.29, 1.82) is 0 Å². The van der Waals surface area contributed by atoms with Crippen molar-refractivity contribution in [1.82, 2.24) is 9.88 Å². The van der Waals surface area contributed by atoms with E-state index < -0.39 is 0 Å². The molecule has 3 heterocycles.